The van der Waals surface area contributed by atoms with Gasteiger partial charge in [0.25, 0.3) is 0 Å². The summed E-state index contributed by atoms with van der Waals surface area (Å²) in [6, 6.07) is 7.92. The molecule has 1 aliphatic rings. The predicted molar refractivity (Wildman–Crippen MR) is 121 cm³/mol. The SMILES string of the molecule is CN=C(NCC(c1c(F)cccc1F)N(C)C)NC1CCN(c2ccc(C)cn2)CC1. The van der Waals surface area contributed by atoms with Crippen molar-refractivity contribution in [2.75, 3.05) is 45.7 Å². The summed E-state index contributed by atoms with van der Waals surface area (Å²) in [5.74, 6) is 0.559. The summed E-state index contributed by atoms with van der Waals surface area (Å²) < 4.78 is 28.6. The molecule has 1 saturated heterocycles. The zero-order valence-corrected chi connectivity index (χ0v) is 18.7. The van der Waals surface area contributed by atoms with E-state index < -0.39 is 17.7 Å². The number of likely N-dealkylation sites (N-methyl/N-ethyl adjacent to an activating group) is 1. The van der Waals surface area contributed by atoms with Crippen molar-refractivity contribution >= 4 is 11.8 Å². The van der Waals surface area contributed by atoms with Gasteiger partial charge in [0.15, 0.2) is 5.96 Å². The maximum Gasteiger partial charge on any atom is 0.191 e. The Morgan fingerprint density at radius 3 is 2.42 bits per heavy atom. The lowest BCUT2D eigenvalue weighted by atomic mass is 10.0. The number of nitrogens with one attached hydrogen (secondary N) is 2. The molecule has 6 nitrogen and oxygen atoms in total. The summed E-state index contributed by atoms with van der Waals surface area (Å²) in [6.07, 6.45) is 3.80. The normalized spacial score (nSPS) is 16.5. The third-order valence-electron chi connectivity index (χ3n) is 5.70. The van der Waals surface area contributed by atoms with Gasteiger partial charge >= 0.3 is 0 Å². The molecule has 0 spiro atoms. The van der Waals surface area contributed by atoms with Gasteiger partial charge in [-0.2, -0.15) is 0 Å². The summed E-state index contributed by atoms with van der Waals surface area (Å²) in [6.45, 7) is 4.18. The van der Waals surface area contributed by atoms with Crippen LogP contribution >= 0.6 is 0 Å². The van der Waals surface area contributed by atoms with Gasteiger partial charge < -0.3 is 20.4 Å². The Labute approximate surface area is 183 Å². The minimum absolute atomic E-state index is 0.0642. The van der Waals surface area contributed by atoms with Gasteiger partial charge in [0.1, 0.15) is 17.5 Å². The molecule has 1 fully saturated rings. The number of aliphatic imine (C=N–C) groups is 1. The molecule has 0 amide bonds. The Hall–Kier alpha value is -2.74. The molecule has 168 valence electrons. The summed E-state index contributed by atoms with van der Waals surface area (Å²) in [5, 5.41) is 6.69. The molecule has 8 heteroatoms. The molecular weight excluding hydrogens is 398 g/mol. The van der Waals surface area contributed by atoms with Gasteiger partial charge in [0, 0.05) is 44.5 Å². The van der Waals surface area contributed by atoms with Gasteiger partial charge in [-0.3, -0.25) is 4.99 Å². The molecule has 3 rings (SSSR count). The van der Waals surface area contributed by atoms with Crippen LogP contribution in [0.3, 0.4) is 0 Å². The number of anilines is 1. The largest absolute Gasteiger partial charge is 0.356 e. The first-order chi connectivity index (χ1) is 14.9. The van der Waals surface area contributed by atoms with Crippen LogP contribution < -0.4 is 15.5 Å². The zero-order valence-electron chi connectivity index (χ0n) is 18.7. The Kier molecular flexibility index (Phi) is 7.79. The van der Waals surface area contributed by atoms with Crippen LogP contribution in [-0.4, -0.2) is 62.7 Å². The van der Waals surface area contributed by atoms with Gasteiger partial charge in [0.05, 0.1) is 6.04 Å². The van der Waals surface area contributed by atoms with E-state index in [9.17, 15) is 8.78 Å². The van der Waals surface area contributed by atoms with Crippen LogP contribution in [0.5, 0.6) is 0 Å². The number of aromatic nitrogens is 1. The Balaban J connectivity index is 1.55. The highest BCUT2D eigenvalue weighted by Gasteiger charge is 2.24. The fourth-order valence-corrected chi connectivity index (χ4v) is 3.85. The van der Waals surface area contributed by atoms with E-state index >= 15 is 0 Å². The highest BCUT2D eigenvalue weighted by atomic mass is 19.1. The van der Waals surface area contributed by atoms with Crippen molar-refractivity contribution in [1.29, 1.82) is 0 Å². The number of hydrogen-bond donors (Lipinski definition) is 2. The number of benzene rings is 1. The molecule has 1 aromatic carbocycles. The van der Waals surface area contributed by atoms with Gasteiger partial charge in [-0.15, -0.1) is 0 Å². The molecule has 0 radical (unpaired) electrons. The van der Waals surface area contributed by atoms with Crippen LogP contribution in [0.15, 0.2) is 41.5 Å². The maximum absolute atomic E-state index is 14.3. The van der Waals surface area contributed by atoms with Crippen molar-refractivity contribution in [2.45, 2.75) is 31.8 Å². The standard InChI is InChI=1S/C23H32F2N6/c1-16-8-9-21(27-14-16)31-12-10-17(11-13-31)29-23(26-2)28-15-20(30(3)4)22-18(24)6-5-7-19(22)25/h5-9,14,17,20H,10-13,15H2,1-4H3,(H2,26,28,29). The second-order valence-corrected chi connectivity index (χ2v) is 8.17. The molecule has 1 aliphatic heterocycles. The summed E-state index contributed by atoms with van der Waals surface area (Å²) in [7, 11) is 5.32. The van der Waals surface area contributed by atoms with Crippen molar-refractivity contribution in [3.8, 4) is 0 Å². The second-order valence-electron chi connectivity index (χ2n) is 8.17. The topological polar surface area (TPSA) is 55.8 Å². The zero-order chi connectivity index (χ0) is 22.4. The first-order valence-corrected chi connectivity index (χ1v) is 10.6. The highest BCUT2D eigenvalue weighted by Crippen LogP contribution is 2.24. The lowest BCUT2D eigenvalue weighted by molar-refractivity contribution is 0.282. The van der Waals surface area contributed by atoms with Crippen LogP contribution in [-0.2, 0) is 0 Å². The van der Waals surface area contributed by atoms with E-state index in [0.29, 0.717) is 12.5 Å². The van der Waals surface area contributed by atoms with Crippen molar-refractivity contribution < 1.29 is 8.78 Å². The van der Waals surface area contributed by atoms with Crippen LogP contribution in [0, 0.1) is 18.6 Å². The third kappa shape index (κ3) is 5.91. The summed E-state index contributed by atoms with van der Waals surface area (Å²) in [4.78, 5) is 12.9. The minimum Gasteiger partial charge on any atom is -0.356 e. The van der Waals surface area contributed by atoms with Gasteiger partial charge in [-0.05, 0) is 57.6 Å². The Bertz CT molecular complexity index is 856. The van der Waals surface area contributed by atoms with Gasteiger partial charge in [-0.25, -0.2) is 13.8 Å². The van der Waals surface area contributed by atoms with E-state index in [1.165, 1.54) is 18.2 Å². The fraction of sp³-hybridized carbons (Fsp3) is 0.478. The van der Waals surface area contributed by atoms with Gasteiger partial charge in [-0.1, -0.05) is 12.1 Å². The van der Waals surface area contributed by atoms with Crippen molar-refractivity contribution in [1.82, 2.24) is 20.5 Å². The smallest absolute Gasteiger partial charge is 0.191 e. The summed E-state index contributed by atoms with van der Waals surface area (Å²) in [5.41, 5.74) is 1.22. The molecule has 1 atom stereocenters. The molecule has 31 heavy (non-hydrogen) atoms. The van der Waals surface area contributed by atoms with Crippen LogP contribution in [0.4, 0.5) is 14.6 Å². The van der Waals surface area contributed by atoms with Crippen molar-refractivity contribution in [3.63, 3.8) is 0 Å². The molecular formula is C23H32F2N6. The average molecular weight is 431 g/mol. The number of aryl methyl sites for hydroxylation is 1. The number of piperidine rings is 1. The second kappa shape index (κ2) is 10.5. The quantitative estimate of drug-likeness (QED) is 0.545. The molecule has 2 aromatic rings. The summed E-state index contributed by atoms with van der Waals surface area (Å²) >= 11 is 0. The number of rotatable bonds is 6. The lowest BCUT2D eigenvalue weighted by Crippen LogP contribution is -2.50. The van der Waals surface area contributed by atoms with E-state index in [0.717, 1.165) is 37.3 Å². The fourth-order valence-electron chi connectivity index (χ4n) is 3.85. The average Bonchev–Trinajstić information content (AvgIpc) is 2.75. The molecule has 2 heterocycles. The van der Waals surface area contributed by atoms with E-state index in [2.05, 4.69) is 37.6 Å². The van der Waals surface area contributed by atoms with Crippen molar-refractivity contribution in [2.24, 2.45) is 4.99 Å². The van der Waals surface area contributed by atoms with Crippen LogP contribution in [0.1, 0.15) is 30.0 Å². The molecule has 1 aromatic heterocycles. The molecule has 2 N–H and O–H groups in total. The van der Waals surface area contributed by atoms with E-state index in [4.69, 9.17) is 0 Å². The third-order valence-corrected chi connectivity index (χ3v) is 5.70. The van der Waals surface area contributed by atoms with E-state index in [1.54, 1.807) is 11.9 Å². The van der Waals surface area contributed by atoms with Crippen molar-refractivity contribution in [3.05, 3.63) is 59.3 Å². The van der Waals surface area contributed by atoms with Crippen LogP contribution in [0.25, 0.3) is 0 Å². The number of halogens is 2. The van der Waals surface area contributed by atoms with Gasteiger partial charge in [0.2, 0.25) is 0 Å². The molecule has 0 aliphatic carbocycles. The Morgan fingerprint density at radius 2 is 1.87 bits per heavy atom. The molecule has 1 unspecified atom stereocenters. The molecule has 0 saturated carbocycles. The van der Waals surface area contributed by atoms with Crippen LogP contribution in [0.2, 0.25) is 0 Å². The van der Waals surface area contributed by atoms with E-state index in [1.807, 2.05) is 27.2 Å². The lowest BCUT2D eigenvalue weighted by Gasteiger charge is -2.34. The minimum atomic E-state index is -0.541. The number of pyridine rings is 1. The number of hydrogen-bond acceptors (Lipinski definition) is 4. The number of guanidine groups is 1. The van der Waals surface area contributed by atoms with E-state index in [-0.39, 0.29) is 11.6 Å². The highest BCUT2D eigenvalue weighted by molar-refractivity contribution is 5.80. The monoisotopic (exact) mass is 430 g/mol. The maximum atomic E-state index is 14.3. The Morgan fingerprint density at radius 1 is 1.19 bits per heavy atom. The molecule has 0 bridgehead atoms. The predicted octanol–water partition coefficient (Wildman–Crippen LogP) is 3.10. The number of nitrogens with zero attached hydrogens (tertiary/aromatic N) is 4. The first-order valence-electron chi connectivity index (χ1n) is 10.6. The first kappa shape index (κ1) is 22.9.